The standard InChI is InChI=1S/C20H28O3P2/c1-15(2)13-21-24-19-9-5-17(6-10-19)23-18-7-11-20(12-8-18)25-22-14-16(3)4/h5-12,15-16,24-25H,13-14H2,1-4H3. The van der Waals surface area contributed by atoms with Crippen LogP contribution < -0.4 is 15.3 Å². The molecule has 0 radical (unpaired) electrons. The second-order valence-corrected chi connectivity index (χ2v) is 8.90. The normalized spacial score (nSPS) is 12.2. The number of ether oxygens (including phenoxy) is 1. The van der Waals surface area contributed by atoms with Crippen LogP contribution in [0.2, 0.25) is 0 Å². The van der Waals surface area contributed by atoms with Gasteiger partial charge in [-0.25, -0.2) is 0 Å². The minimum atomic E-state index is 0.389. The molecular formula is C20H28O3P2. The van der Waals surface area contributed by atoms with Gasteiger partial charge in [-0.15, -0.1) is 0 Å². The number of hydrogen-bond acceptors (Lipinski definition) is 3. The smallest absolute Gasteiger partial charge is 0.127 e. The molecule has 0 aromatic heterocycles. The zero-order chi connectivity index (χ0) is 18.1. The van der Waals surface area contributed by atoms with Gasteiger partial charge < -0.3 is 13.8 Å². The van der Waals surface area contributed by atoms with Gasteiger partial charge in [-0.05, 0) is 71.0 Å². The summed E-state index contributed by atoms with van der Waals surface area (Å²) < 4.78 is 17.2. The maximum absolute atomic E-state index is 5.90. The van der Waals surface area contributed by atoms with E-state index in [1.807, 2.05) is 24.3 Å². The summed E-state index contributed by atoms with van der Waals surface area (Å²) >= 11 is 0. The third-order valence-corrected chi connectivity index (χ3v) is 4.92. The van der Waals surface area contributed by atoms with Crippen LogP contribution in [-0.2, 0) is 9.05 Å². The fraction of sp³-hybridized carbons (Fsp3) is 0.400. The highest BCUT2D eigenvalue weighted by molar-refractivity contribution is 7.42. The van der Waals surface area contributed by atoms with Crippen LogP contribution in [0.5, 0.6) is 11.5 Å². The monoisotopic (exact) mass is 378 g/mol. The van der Waals surface area contributed by atoms with Gasteiger partial charge in [-0.1, -0.05) is 27.7 Å². The van der Waals surface area contributed by atoms with E-state index in [4.69, 9.17) is 13.8 Å². The number of benzene rings is 2. The van der Waals surface area contributed by atoms with Crippen LogP contribution in [0.1, 0.15) is 27.7 Å². The predicted molar refractivity (Wildman–Crippen MR) is 110 cm³/mol. The van der Waals surface area contributed by atoms with Crippen LogP contribution in [0.15, 0.2) is 48.5 Å². The minimum Gasteiger partial charge on any atom is -0.457 e. The molecule has 2 atom stereocenters. The van der Waals surface area contributed by atoms with Crippen molar-refractivity contribution in [2.24, 2.45) is 11.8 Å². The van der Waals surface area contributed by atoms with Gasteiger partial charge in [-0.3, -0.25) is 0 Å². The van der Waals surface area contributed by atoms with Crippen molar-refractivity contribution in [2.75, 3.05) is 13.2 Å². The molecule has 0 aliphatic carbocycles. The average molecular weight is 378 g/mol. The van der Waals surface area contributed by atoms with E-state index in [1.54, 1.807) is 0 Å². The predicted octanol–water partition coefficient (Wildman–Crippen LogP) is 5.26. The highest BCUT2D eigenvalue weighted by Crippen LogP contribution is 2.23. The van der Waals surface area contributed by atoms with Crippen LogP contribution >= 0.6 is 17.6 Å². The van der Waals surface area contributed by atoms with Gasteiger partial charge in [0, 0.05) is 17.6 Å². The van der Waals surface area contributed by atoms with Gasteiger partial charge in [0.2, 0.25) is 0 Å². The van der Waals surface area contributed by atoms with Crippen molar-refractivity contribution < 1.29 is 13.8 Å². The zero-order valence-corrected chi connectivity index (χ0v) is 17.4. The maximum Gasteiger partial charge on any atom is 0.127 e. The summed E-state index contributed by atoms with van der Waals surface area (Å²) in [5.41, 5.74) is 0. The summed E-state index contributed by atoms with van der Waals surface area (Å²) in [5, 5.41) is 2.37. The van der Waals surface area contributed by atoms with E-state index in [0.29, 0.717) is 29.5 Å². The topological polar surface area (TPSA) is 27.7 Å². The van der Waals surface area contributed by atoms with E-state index in [2.05, 4.69) is 52.0 Å². The first kappa shape index (κ1) is 20.3. The largest absolute Gasteiger partial charge is 0.457 e. The Morgan fingerprint density at radius 3 is 1.32 bits per heavy atom. The summed E-state index contributed by atoms with van der Waals surface area (Å²) in [4.78, 5) is 0. The molecule has 0 bridgehead atoms. The molecule has 2 rings (SSSR count). The Labute approximate surface area is 155 Å². The molecule has 2 aromatic carbocycles. The Hall–Kier alpha value is -0.980. The van der Waals surface area contributed by atoms with Crippen LogP contribution in [0.4, 0.5) is 0 Å². The quantitative estimate of drug-likeness (QED) is 0.528. The molecule has 25 heavy (non-hydrogen) atoms. The SMILES string of the molecule is CC(C)COPc1ccc(Oc2ccc(POCC(C)C)cc2)cc1. The molecule has 2 aromatic rings. The summed E-state index contributed by atoms with van der Waals surface area (Å²) in [7, 11) is 0.778. The number of hydrogen-bond donors (Lipinski definition) is 0. The lowest BCUT2D eigenvalue weighted by Crippen LogP contribution is -2.01. The first-order valence-corrected chi connectivity index (χ1v) is 10.5. The second kappa shape index (κ2) is 10.9. The fourth-order valence-corrected chi connectivity index (χ4v) is 3.67. The van der Waals surface area contributed by atoms with E-state index >= 15 is 0 Å². The van der Waals surface area contributed by atoms with E-state index in [0.717, 1.165) is 24.7 Å². The maximum atomic E-state index is 5.90. The molecule has 0 aliphatic heterocycles. The van der Waals surface area contributed by atoms with Crippen LogP contribution in [0.25, 0.3) is 0 Å². The molecule has 3 nitrogen and oxygen atoms in total. The molecule has 0 saturated heterocycles. The lowest BCUT2D eigenvalue weighted by molar-refractivity contribution is 0.309. The van der Waals surface area contributed by atoms with Gasteiger partial charge >= 0.3 is 0 Å². The van der Waals surface area contributed by atoms with Crippen molar-refractivity contribution in [1.29, 1.82) is 0 Å². The van der Waals surface area contributed by atoms with Crippen LogP contribution in [-0.4, -0.2) is 13.2 Å². The Morgan fingerprint density at radius 1 is 0.640 bits per heavy atom. The molecule has 0 N–H and O–H groups in total. The van der Waals surface area contributed by atoms with Crippen molar-refractivity contribution >= 4 is 28.2 Å². The van der Waals surface area contributed by atoms with E-state index < -0.39 is 0 Å². The Balaban J connectivity index is 1.81. The molecule has 0 amide bonds. The van der Waals surface area contributed by atoms with Gasteiger partial charge in [0.25, 0.3) is 0 Å². The molecule has 5 heteroatoms. The molecule has 0 saturated carbocycles. The Bertz CT molecular complexity index is 554. The second-order valence-electron chi connectivity index (χ2n) is 6.76. The van der Waals surface area contributed by atoms with Crippen molar-refractivity contribution in [3.05, 3.63) is 48.5 Å². The molecule has 0 heterocycles. The van der Waals surface area contributed by atoms with Gasteiger partial charge in [0.1, 0.15) is 11.5 Å². The van der Waals surface area contributed by atoms with Crippen molar-refractivity contribution in [1.82, 2.24) is 0 Å². The van der Waals surface area contributed by atoms with E-state index in [1.165, 1.54) is 10.6 Å². The highest BCUT2D eigenvalue weighted by Gasteiger charge is 2.01. The van der Waals surface area contributed by atoms with Crippen molar-refractivity contribution in [3.8, 4) is 11.5 Å². The van der Waals surface area contributed by atoms with E-state index in [-0.39, 0.29) is 0 Å². The van der Waals surface area contributed by atoms with Gasteiger partial charge in [0.05, 0.1) is 13.2 Å². The minimum absolute atomic E-state index is 0.389. The fourth-order valence-electron chi connectivity index (χ4n) is 1.90. The van der Waals surface area contributed by atoms with Gasteiger partial charge in [-0.2, -0.15) is 0 Å². The number of rotatable bonds is 10. The van der Waals surface area contributed by atoms with E-state index in [9.17, 15) is 0 Å². The lowest BCUT2D eigenvalue weighted by Gasteiger charge is -2.09. The summed E-state index contributed by atoms with van der Waals surface area (Å²) in [6.07, 6.45) is 0. The van der Waals surface area contributed by atoms with Crippen LogP contribution in [0, 0.1) is 11.8 Å². The average Bonchev–Trinajstić information content (AvgIpc) is 2.57. The molecule has 0 fully saturated rings. The Kier molecular flexibility index (Phi) is 8.85. The third kappa shape index (κ3) is 8.29. The molecule has 2 unspecified atom stereocenters. The highest BCUT2D eigenvalue weighted by atomic mass is 31.1. The zero-order valence-electron chi connectivity index (χ0n) is 15.4. The third-order valence-electron chi connectivity index (χ3n) is 3.16. The molecular weight excluding hydrogens is 350 g/mol. The summed E-state index contributed by atoms with van der Waals surface area (Å²) in [6.45, 7) is 10.2. The molecule has 0 aliphatic rings. The summed E-state index contributed by atoms with van der Waals surface area (Å²) in [5.74, 6) is 2.80. The van der Waals surface area contributed by atoms with Crippen molar-refractivity contribution in [3.63, 3.8) is 0 Å². The lowest BCUT2D eigenvalue weighted by atomic mass is 10.2. The molecule has 136 valence electrons. The first-order valence-electron chi connectivity index (χ1n) is 8.66. The Morgan fingerprint density at radius 2 is 1.00 bits per heavy atom. The van der Waals surface area contributed by atoms with Crippen LogP contribution in [0.3, 0.4) is 0 Å². The first-order chi connectivity index (χ1) is 12.0. The molecule has 0 spiro atoms. The van der Waals surface area contributed by atoms with Gasteiger partial charge in [0.15, 0.2) is 0 Å². The van der Waals surface area contributed by atoms with Crippen molar-refractivity contribution in [2.45, 2.75) is 27.7 Å². The summed E-state index contributed by atoms with van der Waals surface area (Å²) in [6, 6.07) is 16.2.